The molecule has 1 aromatic rings. The molecular formula is C19H30BrN3O2S. The van der Waals surface area contributed by atoms with Crippen LogP contribution in [0.4, 0.5) is 0 Å². The van der Waals surface area contributed by atoms with E-state index < -0.39 is 0 Å². The number of piperidine rings is 1. The average molecular weight is 444 g/mol. The highest BCUT2D eigenvalue weighted by atomic mass is 79.9. The Bertz CT molecular complexity index is 551. The highest BCUT2D eigenvalue weighted by molar-refractivity contribution is 9.10. The molecular weight excluding hydrogens is 414 g/mol. The number of likely N-dealkylation sites (tertiary alicyclic amines) is 1. The first-order valence-electron chi connectivity index (χ1n) is 9.26. The molecule has 1 saturated heterocycles. The van der Waals surface area contributed by atoms with Crippen LogP contribution in [0.2, 0.25) is 0 Å². The lowest BCUT2D eigenvalue weighted by Gasteiger charge is -2.34. The van der Waals surface area contributed by atoms with Crippen LogP contribution in [-0.2, 0) is 4.74 Å². The smallest absolute Gasteiger partial charge is 0.193 e. The molecule has 0 radical (unpaired) electrons. The van der Waals surface area contributed by atoms with E-state index >= 15 is 0 Å². The molecule has 1 aliphatic rings. The normalized spacial score (nSPS) is 16.0. The summed E-state index contributed by atoms with van der Waals surface area (Å²) in [5, 5.41) is 3.47. The molecule has 0 bridgehead atoms. The van der Waals surface area contributed by atoms with Gasteiger partial charge in [0, 0.05) is 49.3 Å². The Labute approximate surface area is 170 Å². The van der Waals surface area contributed by atoms with Crippen molar-refractivity contribution in [2.75, 3.05) is 51.4 Å². The van der Waals surface area contributed by atoms with Crippen LogP contribution in [0.15, 0.2) is 33.7 Å². The first-order chi connectivity index (χ1) is 12.7. The zero-order chi connectivity index (χ0) is 18.6. The number of ether oxygens (including phenoxy) is 2. The molecule has 146 valence electrons. The molecule has 1 aliphatic heterocycles. The van der Waals surface area contributed by atoms with E-state index in [1.807, 2.05) is 43.1 Å². The minimum Gasteiger partial charge on any atom is -0.493 e. The van der Waals surface area contributed by atoms with Crippen LogP contribution in [0.25, 0.3) is 0 Å². The summed E-state index contributed by atoms with van der Waals surface area (Å²) in [5.74, 6) is 3.93. The fraction of sp³-hybridized carbons (Fsp3) is 0.632. The zero-order valence-corrected chi connectivity index (χ0v) is 18.2. The quantitative estimate of drug-likeness (QED) is 0.358. The van der Waals surface area contributed by atoms with Crippen molar-refractivity contribution in [3.05, 3.63) is 28.7 Å². The molecule has 2 rings (SSSR count). The third kappa shape index (κ3) is 7.76. The minimum atomic E-state index is 0.412. The Morgan fingerprint density at radius 3 is 2.85 bits per heavy atom. The Kier molecular flexibility index (Phi) is 10.2. The van der Waals surface area contributed by atoms with Crippen molar-refractivity contribution in [3.8, 4) is 5.75 Å². The van der Waals surface area contributed by atoms with Gasteiger partial charge in [-0.3, -0.25) is 4.99 Å². The molecule has 1 heterocycles. The van der Waals surface area contributed by atoms with Gasteiger partial charge in [-0.15, -0.1) is 0 Å². The number of guanidine groups is 1. The summed E-state index contributed by atoms with van der Waals surface area (Å²) in [6.07, 6.45) is 2.57. The van der Waals surface area contributed by atoms with Crippen molar-refractivity contribution in [1.29, 1.82) is 0 Å². The number of thioether (sulfide) groups is 1. The molecule has 7 heteroatoms. The van der Waals surface area contributed by atoms with Crippen molar-refractivity contribution < 1.29 is 9.47 Å². The van der Waals surface area contributed by atoms with E-state index in [2.05, 4.69) is 38.1 Å². The molecule has 0 aliphatic carbocycles. The van der Waals surface area contributed by atoms with Crippen molar-refractivity contribution in [2.24, 2.45) is 4.99 Å². The summed E-state index contributed by atoms with van der Waals surface area (Å²) < 4.78 is 12.5. The lowest BCUT2D eigenvalue weighted by atomic mass is 10.1. The topological polar surface area (TPSA) is 46.1 Å². The molecule has 0 saturated carbocycles. The fourth-order valence-electron chi connectivity index (χ4n) is 2.91. The van der Waals surface area contributed by atoms with Crippen LogP contribution in [0.3, 0.4) is 0 Å². The lowest BCUT2D eigenvalue weighted by Crippen LogP contribution is -2.47. The number of nitrogens with zero attached hydrogens (tertiary/aromatic N) is 2. The summed E-state index contributed by atoms with van der Waals surface area (Å²) in [6, 6.07) is 7.96. The second-order valence-electron chi connectivity index (χ2n) is 6.03. The molecule has 1 N–H and O–H groups in total. The van der Waals surface area contributed by atoms with Gasteiger partial charge in [0.25, 0.3) is 0 Å². The Hall–Kier alpha value is -0.920. The van der Waals surface area contributed by atoms with Gasteiger partial charge in [0.05, 0.1) is 12.7 Å². The first-order valence-corrected chi connectivity index (χ1v) is 11.2. The number of nitrogens with one attached hydrogen (secondary N) is 1. The first kappa shape index (κ1) is 21.4. The molecule has 0 spiro atoms. The summed E-state index contributed by atoms with van der Waals surface area (Å²) in [4.78, 5) is 6.75. The average Bonchev–Trinajstić information content (AvgIpc) is 2.65. The van der Waals surface area contributed by atoms with Crippen LogP contribution in [0.5, 0.6) is 5.75 Å². The van der Waals surface area contributed by atoms with E-state index in [0.29, 0.717) is 6.10 Å². The summed E-state index contributed by atoms with van der Waals surface area (Å²) >= 11 is 5.34. The highest BCUT2D eigenvalue weighted by Gasteiger charge is 2.21. The van der Waals surface area contributed by atoms with Gasteiger partial charge < -0.3 is 19.7 Å². The highest BCUT2D eigenvalue weighted by Crippen LogP contribution is 2.18. The Balaban J connectivity index is 1.54. The standard InChI is InChI=1S/C19H30BrN3O2S/c1-3-24-17-7-10-23(11-8-17)19(21-2)22-9-13-26-14-12-25-18-6-4-5-16(20)15-18/h4-6,15,17H,3,7-14H2,1-2H3,(H,21,22). The van der Waals surface area contributed by atoms with Gasteiger partial charge in [0.2, 0.25) is 0 Å². The molecule has 5 nitrogen and oxygen atoms in total. The summed E-state index contributed by atoms with van der Waals surface area (Å²) in [7, 11) is 1.86. The van der Waals surface area contributed by atoms with E-state index in [1.165, 1.54) is 0 Å². The number of benzene rings is 1. The largest absolute Gasteiger partial charge is 0.493 e. The molecule has 1 fully saturated rings. The number of hydrogen-bond donors (Lipinski definition) is 1. The second kappa shape index (κ2) is 12.5. The van der Waals surface area contributed by atoms with Gasteiger partial charge in [-0.1, -0.05) is 22.0 Å². The summed E-state index contributed by atoms with van der Waals surface area (Å²) in [6.45, 7) is 6.53. The third-order valence-corrected chi connectivity index (χ3v) is 5.62. The van der Waals surface area contributed by atoms with E-state index in [1.54, 1.807) is 0 Å². The van der Waals surface area contributed by atoms with Crippen molar-refractivity contribution >= 4 is 33.7 Å². The molecule has 0 aromatic heterocycles. The van der Waals surface area contributed by atoms with E-state index in [0.717, 1.165) is 73.4 Å². The molecule has 0 unspecified atom stereocenters. The van der Waals surface area contributed by atoms with Gasteiger partial charge >= 0.3 is 0 Å². The maximum Gasteiger partial charge on any atom is 0.193 e. The van der Waals surface area contributed by atoms with E-state index in [-0.39, 0.29) is 0 Å². The molecule has 0 amide bonds. The third-order valence-electron chi connectivity index (χ3n) is 4.18. The van der Waals surface area contributed by atoms with Crippen LogP contribution in [0.1, 0.15) is 19.8 Å². The minimum absolute atomic E-state index is 0.412. The maximum atomic E-state index is 5.75. The molecule has 0 atom stereocenters. The molecule has 1 aromatic carbocycles. The number of hydrogen-bond acceptors (Lipinski definition) is 4. The van der Waals surface area contributed by atoms with Gasteiger partial charge in [0.15, 0.2) is 5.96 Å². The fourth-order valence-corrected chi connectivity index (χ4v) is 3.94. The number of aliphatic imine (C=N–C) groups is 1. The van der Waals surface area contributed by atoms with Gasteiger partial charge in [-0.2, -0.15) is 11.8 Å². The van der Waals surface area contributed by atoms with Gasteiger partial charge in [-0.25, -0.2) is 0 Å². The van der Waals surface area contributed by atoms with Crippen LogP contribution < -0.4 is 10.1 Å². The van der Waals surface area contributed by atoms with E-state index in [9.17, 15) is 0 Å². The number of rotatable bonds is 9. The van der Waals surface area contributed by atoms with Crippen LogP contribution in [0, 0.1) is 0 Å². The van der Waals surface area contributed by atoms with E-state index in [4.69, 9.17) is 9.47 Å². The molecule has 26 heavy (non-hydrogen) atoms. The Morgan fingerprint density at radius 1 is 1.35 bits per heavy atom. The summed E-state index contributed by atoms with van der Waals surface area (Å²) in [5.41, 5.74) is 0. The zero-order valence-electron chi connectivity index (χ0n) is 15.7. The van der Waals surface area contributed by atoms with Crippen LogP contribution >= 0.6 is 27.7 Å². The Morgan fingerprint density at radius 2 is 2.15 bits per heavy atom. The van der Waals surface area contributed by atoms with Crippen LogP contribution in [-0.4, -0.2) is 68.4 Å². The SMILES string of the molecule is CCOC1CCN(C(=NC)NCCSCCOc2cccc(Br)c2)CC1. The predicted octanol–water partition coefficient (Wildman–Crippen LogP) is 3.64. The van der Waals surface area contributed by atoms with Gasteiger partial charge in [0.1, 0.15) is 5.75 Å². The van der Waals surface area contributed by atoms with Gasteiger partial charge in [-0.05, 0) is 38.0 Å². The monoisotopic (exact) mass is 443 g/mol. The predicted molar refractivity (Wildman–Crippen MR) is 115 cm³/mol. The van der Waals surface area contributed by atoms with Crippen molar-refractivity contribution in [2.45, 2.75) is 25.9 Å². The number of halogens is 1. The van der Waals surface area contributed by atoms with Crippen molar-refractivity contribution in [1.82, 2.24) is 10.2 Å². The maximum absolute atomic E-state index is 5.75. The van der Waals surface area contributed by atoms with Crippen molar-refractivity contribution in [3.63, 3.8) is 0 Å². The lowest BCUT2D eigenvalue weighted by molar-refractivity contribution is 0.0264. The second-order valence-corrected chi connectivity index (χ2v) is 8.17.